The predicted octanol–water partition coefficient (Wildman–Crippen LogP) is 1.83. The van der Waals surface area contributed by atoms with E-state index in [0.29, 0.717) is 32.1 Å². The first-order valence-electron chi connectivity index (χ1n) is 7.36. The Hall–Kier alpha value is -1.53. The Morgan fingerprint density at radius 3 is 2.68 bits per heavy atom. The van der Waals surface area contributed by atoms with E-state index in [1.165, 1.54) is 11.8 Å². The van der Waals surface area contributed by atoms with Crippen molar-refractivity contribution in [3.63, 3.8) is 0 Å². The minimum atomic E-state index is -0.0755. The molecule has 0 bridgehead atoms. The van der Waals surface area contributed by atoms with Crippen LogP contribution in [-0.4, -0.2) is 54.5 Å². The summed E-state index contributed by atoms with van der Waals surface area (Å²) in [4.78, 5) is 25.7. The highest BCUT2D eigenvalue weighted by Gasteiger charge is 2.17. The van der Waals surface area contributed by atoms with Crippen LogP contribution < -0.4 is 5.32 Å². The molecule has 0 saturated carbocycles. The van der Waals surface area contributed by atoms with Crippen molar-refractivity contribution in [2.75, 3.05) is 43.1 Å². The molecule has 0 atom stereocenters. The van der Waals surface area contributed by atoms with Gasteiger partial charge in [-0.25, -0.2) is 0 Å². The standard InChI is InChI=1S/C16H22N2O3S/c1-12-3-4-13(2)14(9-12)17-15(19)10-22-11-16(20)18-5-7-21-8-6-18/h3-4,9H,5-8,10-11H2,1-2H3,(H,17,19). The number of rotatable bonds is 5. The van der Waals surface area contributed by atoms with E-state index in [0.717, 1.165) is 16.8 Å². The van der Waals surface area contributed by atoms with E-state index < -0.39 is 0 Å². The summed E-state index contributed by atoms with van der Waals surface area (Å²) in [6, 6.07) is 5.96. The molecule has 1 aromatic rings. The largest absolute Gasteiger partial charge is 0.378 e. The molecule has 0 radical (unpaired) electrons. The first-order valence-corrected chi connectivity index (χ1v) is 8.52. The lowest BCUT2D eigenvalue weighted by Gasteiger charge is -2.26. The molecule has 0 unspecified atom stereocenters. The highest BCUT2D eigenvalue weighted by Crippen LogP contribution is 2.16. The van der Waals surface area contributed by atoms with Gasteiger partial charge >= 0.3 is 0 Å². The Bertz CT molecular complexity index is 542. The molecular formula is C16H22N2O3S. The summed E-state index contributed by atoms with van der Waals surface area (Å²) in [5.74, 6) is 0.616. The molecule has 1 aliphatic rings. The van der Waals surface area contributed by atoms with Crippen LogP contribution >= 0.6 is 11.8 Å². The normalized spacial score (nSPS) is 14.7. The molecule has 6 heteroatoms. The fraction of sp³-hybridized carbons (Fsp3) is 0.500. The van der Waals surface area contributed by atoms with E-state index >= 15 is 0 Å². The molecule has 0 spiro atoms. The molecule has 0 aliphatic carbocycles. The van der Waals surface area contributed by atoms with Crippen molar-refractivity contribution in [3.8, 4) is 0 Å². The SMILES string of the molecule is Cc1ccc(C)c(NC(=O)CSCC(=O)N2CCOCC2)c1. The zero-order valence-corrected chi connectivity index (χ0v) is 13.9. The average Bonchev–Trinajstić information content (AvgIpc) is 2.51. The van der Waals surface area contributed by atoms with E-state index in [-0.39, 0.29) is 17.6 Å². The number of morpholine rings is 1. The van der Waals surface area contributed by atoms with Crippen LogP contribution in [0.5, 0.6) is 0 Å². The van der Waals surface area contributed by atoms with Crippen LogP contribution in [0.25, 0.3) is 0 Å². The lowest BCUT2D eigenvalue weighted by atomic mass is 10.1. The monoisotopic (exact) mass is 322 g/mol. The van der Waals surface area contributed by atoms with Gasteiger partial charge in [0.1, 0.15) is 0 Å². The Labute approximate surface area is 135 Å². The molecule has 1 aromatic carbocycles. The van der Waals surface area contributed by atoms with Crippen molar-refractivity contribution in [1.29, 1.82) is 0 Å². The van der Waals surface area contributed by atoms with Gasteiger partial charge in [0.05, 0.1) is 24.7 Å². The minimum absolute atomic E-state index is 0.0755. The van der Waals surface area contributed by atoms with Gasteiger partial charge in [-0.3, -0.25) is 9.59 Å². The molecule has 22 heavy (non-hydrogen) atoms. The maximum atomic E-state index is 12.0. The number of nitrogens with one attached hydrogen (secondary N) is 1. The van der Waals surface area contributed by atoms with Crippen molar-refractivity contribution in [1.82, 2.24) is 4.90 Å². The molecule has 1 heterocycles. The molecule has 2 rings (SSSR count). The Morgan fingerprint density at radius 1 is 1.23 bits per heavy atom. The summed E-state index contributed by atoms with van der Waals surface area (Å²) in [5.41, 5.74) is 2.98. The van der Waals surface area contributed by atoms with Crippen LogP contribution in [0.4, 0.5) is 5.69 Å². The van der Waals surface area contributed by atoms with Crippen molar-refractivity contribution in [3.05, 3.63) is 29.3 Å². The molecular weight excluding hydrogens is 300 g/mol. The minimum Gasteiger partial charge on any atom is -0.378 e. The van der Waals surface area contributed by atoms with E-state index in [4.69, 9.17) is 4.74 Å². The highest BCUT2D eigenvalue weighted by atomic mass is 32.2. The van der Waals surface area contributed by atoms with Gasteiger partial charge in [-0.15, -0.1) is 11.8 Å². The third-order valence-electron chi connectivity index (χ3n) is 3.49. The number of hydrogen-bond donors (Lipinski definition) is 1. The molecule has 5 nitrogen and oxygen atoms in total. The van der Waals surface area contributed by atoms with E-state index in [1.807, 2.05) is 32.0 Å². The summed E-state index contributed by atoms with van der Waals surface area (Å²) < 4.78 is 5.21. The van der Waals surface area contributed by atoms with Crippen LogP contribution in [0, 0.1) is 13.8 Å². The Kier molecular flexibility index (Phi) is 6.27. The van der Waals surface area contributed by atoms with Crippen LogP contribution in [0.15, 0.2) is 18.2 Å². The average molecular weight is 322 g/mol. The van der Waals surface area contributed by atoms with Crippen LogP contribution in [0.1, 0.15) is 11.1 Å². The number of amides is 2. The summed E-state index contributed by atoms with van der Waals surface area (Å²) in [6.07, 6.45) is 0. The molecule has 1 N–H and O–H groups in total. The van der Waals surface area contributed by atoms with Gasteiger partial charge < -0.3 is 15.0 Å². The van der Waals surface area contributed by atoms with Gasteiger partial charge in [0.2, 0.25) is 11.8 Å². The zero-order chi connectivity index (χ0) is 15.9. The second kappa shape index (κ2) is 8.19. The number of ether oxygens (including phenoxy) is 1. The summed E-state index contributed by atoms with van der Waals surface area (Å²) in [7, 11) is 0. The van der Waals surface area contributed by atoms with Gasteiger partial charge in [-0.05, 0) is 31.0 Å². The Balaban J connectivity index is 1.73. The third kappa shape index (κ3) is 5.03. The first-order chi connectivity index (χ1) is 10.6. The van der Waals surface area contributed by atoms with Crippen molar-refractivity contribution in [2.45, 2.75) is 13.8 Å². The van der Waals surface area contributed by atoms with Crippen molar-refractivity contribution < 1.29 is 14.3 Å². The van der Waals surface area contributed by atoms with Crippen LogP contribution in [0.2, 0.25) is 0 Å². The number of benzene rings is 1. The van der Waals surface area contributed by atoms with Crippen LogP contribution in [-0.2, 0) is 14.3 Å². The number of hydrogen-bond acceptors (Lipinski definition) is 4. The molecule has 120 valence electrons. The maximum Gasteiger partial charge on any atom is 0.234 e. The lowest BCUT2D eigenvalue weighted by molar-refractivity contribution is -0.132. The van der Waals surface area contributed by atoms with Gasteiger partial charge in [0.15, 0.2) is 0 Å². The smallest absolute Gasteiger partial charge is 0.234 e. The molecule has 1 saturated heterocycles. The second-order valence-corrected chi connectivity index (χ2v) is 6.34. The summed E-state index contributed by atoms with van der Waals surface area (Å²) >= 11 is 1.35. The second-order valence-electron chi connectivity index (χ2n) is 5.35. The highest BCUT2D eigenvalue weighted by molar-refractivity contribution is 8.00. The molecule has 1 fully saturated rings. The first kappa shape index (κ1) is 16.8. The molecule has 2 amide bonds. The zero-order valence-electron chi connectivity index (χ0n) is 13.1. The van der Waals surface area contributed by atoms with Gasteiger partial charge in [0, 0.05) is 18.8 Å². The lowest BCUT2D eigenvalue weighted by Crippen LogP contribution is -2.41. The summed E-state index contributed by atoms with van der Waals surface area (Å²) in [5, 5.41) is 2.90. The number of aryl methyl sites for hydroxylation is 2. The molecule has 0 aromatic heterocycles. The number of anilines is 1. The third-order valence-corrected chi connectivity index (χ3v) is 4.41. The van der Waals surface area contributed by atoms with Gasteiger partial charge in [0.25, 0.3) is 0 Å². The Morgan fingerprint density at radius 2 is 1.95 bits per heavy atom. The number of carbonyl (C=O) groups excluding carboxylic acids is 2. The van der Waals surface area contributed by atoms with E-state index in [1.54, 1.807) is 4.90 Å². The quantitative estimate of drug-likeness (QED) is 0.898. The fourth-order valence-electron chi connectivity index (χ4n) is 2.19. The van der Waals surface area contributed by atoms with Crippen LogP contribution in [0.3, 0.4) is 0 Å². The topological polar surface area (TPSA) is 58.6 Å². The molecule has 1 aliphatic heterocycles. The number of nitrogens with zero attached hydrogens (tertiary/aromatic N) is 1. The summed E-state index contributed by atoms with van der Waals surface area (Å²) in [6.45, 7) is 6.45. The van der Waals surface area contributed by atoms with Crippen molar-refractivity contribution in [2.24, 2.45) is 0 Å². The van der Waals surface area contributed by atoms with E-state index in [9.17, 15) is 9.59 Å². The maximum absolute atomic E-state index is 12.0. The number of carbonyl (C=O) groups is 2. The fourth-order valence-corrected chi connectivity index (χ4v) is 2.91. The number of thioether (sulfide) groups is 1. The van der Waals surface area contributed by atoms with E-state index in [2.05, 4.69) is 5.32 Å². The van der Waals surface area contributed by atoms with Gasteiger partial charge in [-0.1, -0.05) is 12.1 Å². The van der Waals surface area contributed by atoms with Crippen molar-refractivity contribution >= 4 is 29.3 Å². The predicted molar refractivity (Wildman–Crippen MR) is 89.3 cm³/mol. The van der Waals surface area contributed by atoms with Gasteiger partial charge in [-0.2, -0.15) is 0 Å².